The fraction of sp³-hybridized carbons (Fsp3) is 0.184. The van der Waals surface area contributed by atoms with Crippen LogP contribution < -0.4 is 21.1 Å². The Morgan fingerprint density at radius 1 is 0.685 bits per heavy atom. The van der Waals surface area contributed by atoms with Gasteiger partial charge in [-0.3, -0.25) is 0 Å². The molecule has 1 aromatic heterocycles. The predicted octanol–water partition coefficient (Wildman–Crippen LogP) is 12.4. The number of fused-ring (bicyclic) bond motifs is 10. The molecule has 3 heterocycles. The summed E-state index contributed by atoms with van der Waals surface area (Å²) in [5.41, 5.74) is 17.4. The summed E-state index contributed by atoms with van der Waals surface area (Å²) in [5, 5.41) is 8.71. The molecule has 3 aliphatic rings. The van der Waals surface area contributed by atoms with Crippen LogP contribution in [0.3, 0.4) is 0 Å². The zero-order chi connectivity index (χ0) is 36.5. The van der Waals surface area contributed by atoms with E-state index in [9.17, 15) is 0 Å². The Bertz CT molecular complexity index is 2900. The average Bonchev–Trinajstić information content (AvgIpc) is 3.56. The minimum Gasteiger partial charge on any atom is -0.454 e. The van der Waals surface area contributed by atoms with Crippen molar-refractivity contribution in [1.82, 2.24) is 0 Å². The number of rotatable bonds is 2. The van der Waals surface area contributed by atoms with Gasteiger partial charge in [0.25, 0.3) is 0 Å². The van der Waals surface area contributed by atoms with Crippen LogP contribution in [0.25, 0.3) is 43.8 Å². The van der Waals surface area contributed by atoms with E-state index >= 15 is 0 Å². The van der Waals surface area contributed by atoms with E-state index in [1.807, 2.05) is 11.8 Å². The maximum absolute atomic E-state index is 6.90. The summed E-state index contributed by atoms with van der Waals surface area (Å²) in [6.07, 6.45) is 2.35. The summed E-state index contributed by atoms with van der Waals surface area (Å²) in [6.45, 7) is 12.0. The lowest BCUT2D eigenvalue weighted by molar-refractivity contribution is 0.332. The van der Waals surface area contributed by atoms with Crippen molar-refractivity contribution in [2.75, 3.05) is 10.2 Å². The van der Waals surface area contributed by atoms with Crippen LogP contribution in [0.4, 0.5) is 28.4 Å². The Morgan fingerprint density at radius 3 is 2.26 bits per heavy atom. The first-order valence-corrected chi connectivity index (χ1v) is 20.1. The molecule has 3 nitrogen and oxygen atoms in total. The van der Waals surface area contributed by atoms with Gasteiger partial charge in [-0.05, 0) is 105 Å². The van der Waals surface area contributed by atoms with Gasteiger partial charge in [0.05, 0.1) is 17.1 Å². The number of nitrogens with one attached hydrogen (secondary N) is 1. The van der Waals surface area contributed by atoms with Crippen molar-refractivity contribution in [2.45, 2.75) is 68.1 Å². The third-order valence-electron chi connectivity index (χ3n) is 12.6. The second-order valence-corrected chi connectivity index (χ2v) is 18.0. The van der Waals surface area contributed by atoms with E-state index < -0.39 is 0 Å². The fourth-order valence-electron chi connectivity index (χ4n) is 9.64. The number of benzene rings is 7. The summed E-state index contributed by atoms with van der Waals surface area (Å²) in [7, 11) is 0.796. The van der Waals surface area contributed by atoms with Gasteiger partial charge >= 0.3 is 0 Å². The molecule has 8 aromatic rings. The number of aryl methyl sites for hydroxylation is 1. The molecule has 0 unspecified atom stereocenters. The summed E-state index contributed by atoms with van der Waals surface area (Å²) in [6, 6.07) is 45.0. The van der Waals surface area contributed by atoms with Crippen LogP contribution in [0.2, 0.25) is 0 Å². The van der Waals surface area contributed by atoms with E-state index in [1.54, 1.807) is 0 Å². The lowest BCUT2D eigenvalue weighted by Crippen LogP contribution is -2.41. The molecule has 1 aliphatic carbocycles. The van der Waals surface area contributed by atoms with Gasteiger partial charge in [-0.25, -0.2) is 0 Å². The van der Waals surface area contributed by atoms with E-state index in [2.05, 4.69) is 166 Å². The number of hydrogen-bond donors (Lipinski definition) is 1. The Kier molecular flexibility index (Phi) is 6.72. The van der Waals surface area contributed by atoms with E-state index in [4.69, 9.17) is 4.42 Å². The van der Waals surface area contributed by atoms with Crippen molar-refractivity contribution < 1.29 is 4.42 Å². The molecule has 7 aromatic carbocycles. The number of hydrogen-bond acceptors (Lipinski definition) is 4. The molecule has 0 amide bonds. The molecule has 0 saturated carbocycles. The number of anilines is 5. The van der Waals surface area contributed by atoms with Crippen molar-refractivity contribution in [1.29, 1.82) is 0 Å². The van der Waals surface area contributed by atoms with Crippen LogP contribution in [0.1, 0.15) is 57.2 Å². The van der Waals surface area contributed by atoms with E-state index in [-0.39, 0.29) is 10.8 Å². The summed E-state index contributed by atoms with van der Waals surface area (Å²) in [4.78, 5) is 5.08. The molecular weight excluding hydrogens is 675 g/mol. The fourth-order valence-corrected chi connectivity index (χ4v) is 10.7. The van der Waals surface area contributed by atoms with Gasteiger partial charge in [-0.1, -0.05) is 130 Å². The van der Waals surface area contributed by atoms with Gasteiger partial charge in [-0.15, -0.1) is 0 Å². The van der Waals surface area contributed by atoms with Crippen LogP contribution >= 0.6 is 11.8 Å². The second kappa shape index (κ2) is 11.3. The van der Waals surface area contributed by atoms with Crippen molar-refractivity contribution in [3.05, 3.63) is 138 Å². The van der Waals surface area contributed by atoms with Gasteiger partial charge < -0.3 is 14.6 Å². The summed E-state index contributed by atoms with van der Waals surface area (Å²) in [5.74, 6) is 0. The van der Waals surface area contributed by atoms with Gasteiger partial charge in [0.2, 0.25) is 0 Å². The maximum Gasteiger partial charge on any atom is 0.198 e. The highest BCUT2D eigenvalue weighted by molar-refractivity contribution is 7.99. The molecular formula is C49H41BN2OS. The molecule has 0 bridgehead atoms. The van der Waals surface area contributed by atoms with Crippen LogP contribution in [-0.4, -0.2) is 7.28 Å². The Balaban J connectivity index is 1.24. The monoisotopic (exact) mass is 716 g/mol. The van der Waals surface area contributed by atoms with Gasteiger partial charge in [0.1, 0.15) is 5.58 Å². The first kappa shape index (κ1) is 32.1. The summed E-state index contributed by atoms with van der Waals surface area (Å²) < 4.78 is 6.90. The molecule has 11 rings (SSSR count). The second-order valence-electron chi connectivity index (χ2n) is 16.9. The first-order chi connectivity index (χ1) is 26.2. The SMILES string of the molecule is Cc1cc2c(cc1N1c3cc4ccccc4c(-c4cccc5c4Nc4ccccc4S5)c3Bc3ccc4c(oc5ccccc54)c31)C(C)(C)CCC2(C)C. The highest BCUT2D eigenvalue weighted by Gasteiger charge is 2.40. The Hall–Kier alpha value is -5.39. The zero-order valence-electron chi connectivity index (χ0n) is 31.4. The Morgan fingerprint density at radius 2 is 1.41 bits per heavy atom. The molecule has 0 radical (unpaired) electrons. The van der Waals surface area contributed by atoms with Crippen molar-refractivity contribution in [3.8, 4) is 11.1 Å². The lowest BCUT2D eigenvalue weighted by atomic mass is 9.57. The largest absolute Gasteiger partial charge is 0.454 e. The molecule has 0 saturated heterocycles. The van der Waals surface area contributed by atoms with Crippen LogP contribution in [0.15, 0.2) is 136 Å². The van der Waals surface area contributed by atoms with E-state index in [0.717, 1.165) is 40.6 Å². The van der Waals surface area contributed by atoms with Crippen LogP contribution in [0.5, 0.6) is 0 Å². The maximum atomic E-state index is 6.90. The topological polar surface area (TPSA) is 28.4 Å². The molecule has 1 N–H and O–H groups in total. The van der Waals surface area contributed by atoms with Crippen LogP contribution in [0, 0.1) is 6.92 Å². The highest BCUT2D eigenvalue weighted by Crippen LogP contribution is 2.53. The normalized spacial score (nSPS) is 16.2. The average molecular weight is 717 g/mol. The molecule has 2 aliphatic heterocycles. The van der Waals surface area contributed by atoms with Gasteiger partial charge in [0, 0.05) is 37.5 Å². The minimum atomic E-state index is 0.0669. The molecule has 0 atom stereocenters. The third-order valence-corrected chi connectivity index (χ3v) is 13.8. The van der Waals surface area contributed by atoms with Gasteiger partial charge in [0.15, 0.2) is 12.9 Å². The van der Waals surface area contributed by atoms with E-state index in [1.165, 1.54) is 89.2 Å². The molecule has 0 fully saturated rings. The van der Waals surface area contributed by atoms with Crippen molar-refractivity contribution >= 4 is 91.1 Å². The number of furan rings is 1. The first-order valence-electron chi connectivity index (χ1n) is 19.3. The van der Waals surface area contributed by atoms with Gasteiger partial charge in [-0.2, -0.15) is 0 Å². The van der Waals surface area contributed by atoms with E-state index in [0.29, 0.717) is 0 Å². The molecule has 0 spiro atoms. The molecule has 262 valence electrons. The zero-order valence-corrected chi connectivity index (χ0v) is 32.2. The van der Waals surface area contributed by atoms with Crippen molar-refractivity contribution in [3.63, 3.8) is 0 Å². The standard InChI is InChI=1S/C49H41BN2OS/c1-28-25-34-35(49(4,5)24-23-48(34,2)3)27-38(28)52-39-26-29-13-6-7-14-30(29)43(33-16-12-20-42-45(33)51-37-17-9-11-19-41(37)54-42)44(39)50-36-22-21-32-31-15-8-10-18-40(31)53-47(32)46(36)52/h6-22,25-27,50-51H,23-24H2,1-5H3. The number of para-hydroxylation sites is 3. The lowest BCUT2D eigenvalue weighted by Gasteiger charge is -2.43. The van der Waals surface area contributed by atoms with Crippen molar-refractivity contribution in [2.24, 2.45) is 0 Å². The minimum absolute atomic E-state index is 0.0669. The van der Waals surface area contributed by atoms with Crippen LogP contribution in [-0.2, 0) is 10.8 Å². The smallest absolute Gasteiger partial charge is 0.198 e. The number of nitrogens with zero attached hydrogens (tertiary/aromatic N) is 1. The third kappa shape index (κ3) is 4.57. The Labute approximate surface area is 321 Å². The highest BCUT2D eigenvalue weighted by atomic mass is 32.2. The molecule has 5 heteroatoms. The summed E-state index contributed by atoms with van der Waals surface area (Å²) >= 11 is 1.85. The molecule has 54 heavy (non-hydrogen) atoms. The predicted molar refractivity (Wildman–Crippen MR) is 232 cm³/mol. The quantitative estimate of drug-likeness (QED) is 0.180.